The lowest BCUT2D eigenvalue weighted by Gasteiger charge is -2.35. The molecule has 1 atom stereocenters. The molecule has 0 spiro atoms. The molecule has 1 fully saturated rings. The van der Waals surface area contributed by atoms with Gasteiger partial charge >= 0.3 is 0 Å². The van der Waals surface area contributed by atoms with E-state index in [0.717, 1.165) is 57.6 Å². The summed E-state index contributed by atoms with van der Waals surface area (Å²) >= 11 is 3.54. The van der Waals surface area contributed by atoms with Crippen molar-refractivity contribution >= 4 is 43.5 Å². The van der Waals surface area contributed by atoms with Gasteiger partial charge in [0.05, 0.1) is 24.8 Å². The van der Waals surface area contributed by atoms with E-state index in [1.54, 1.807) is 24.3 Å². The van der Waals surface area contributed by atoms with Crippen molar-refractivity contribution in [1.82, 2.24) is 10.2 Å². The minimum atomic E-state index is -4.32. The summed E-state index contributed by atoms with van der Waals surface area (Å²) in [7, 11) is -1.40. The number of nitrogens with one attached hydrogen (secondary N) is 1. The number of amides is 2. The summed E-state index contributed by atoms with van der Waals surface area (Å²) in [5.74, 6) is -0.192. The number of sulfonamides is 1. The highest BCUT2D eigenvalue weighted by Crippen LogP contribution is 2.36. The van der Waals surface area contributed by atoms with E-state index in [1.165, 1.54) is 37.3 Å². The van der Waals surface area contributed by atoms with Gasteiger partial charge in [-0.15, -0.1) is 0 Å². The summed E-state index contributed by atoms with van der Waals surface area (Å²) in [6.07, 6.45) is 5.19. The van der Waals surface area contributed by atoms with Gasteiger partial charge in [0.1, 0.15) is 24.1 Å². The molecule has 1 N–H and O–H groups in total. The maximum atomic E-state index is 14.9. The molecule has 4 aromatic carbocycles. The molecule has 0 aliphatic heterocycles. The Morgan fingerprint density at radius 3 is 2.22 bits per heavy atom. The molecule has 1 unspecified atom stereocenters. The van der Waals surface area contributed by atoms with E-state index in [2.05, 4.69) is 21.2 Å². The Balaban J connectivity index is 1.61. The second kappa shape index (κ2) is 17.0. The van der Waals surface area contributed by atoms with Crippen LogP contribution in [-0.4, -0.2) is 58.0 Å². The Bertz CT molecular complexity index is 1860. The molecule has 2 amide bonds. The van der Waals surface area contributed by atoms with Crippen LogP contribution in [0, 0.1) is 6.92 Å². The van der Waals surface area contributed by atoms with Gasteiger partial charge in [-0.3, -0.25) is 13.9 Å². The zero-order valence-electron chi connectivity index (χ0n) is 28.7. The van der Waals surface area contributed by atoms with Crippen LogP contribution in [-0.2, 0) is 32.6 Å². The van der Waals surface area contributed by atoms with E-state index in [1.807, 2.05) is 61.5 Å². The van der Waals surface area contributed by atoms with Gasteiger partial charge in [-0.05, 0) is 67.3 Å². The number of hydrogen-bond acceptors (Lipinski definition) is 6. The lowest BCUT2D eigenvalue weighted by molar-refractivity contribution is -0.140. The first-order valence-corrected chi connectivity index (χ1v) is 19.0. The zero-order chi connectivity index (χ0) is 35.7. The van der Waals surface area contributed by atoms with E-state index in [4.69, 9.17) is 9.47 Å². The molecule has 5 rings (SSSR count). The van der Waals surface area contributed by atoms with Crippen LogP contribution < -0.4 is 19.1 Å². The molecule has 0 radical (unpaired) electrons. The Morgan fingerprint density at radius 1 is 0.860 bits per heavy atom. The van der Waals surface area contributed by atoms with Crippen LogP contribution in [0.5, 0.6) is 11.5 Å². The van der Waals surface area contributed by atoms with E-state index < -0.39 is 28.5 Å². The average molecular weight is 763 g/mol. The molecule has 1 aliphatic carbocycles. The van der Waals surface area contributed by atoms with Crippen molar-refractivity contribution in [3.05, 3.63) is 118 Å². The Labute approximate surface area is 303 Å². The molecule has 50 heavy (non-hydrogen) atoms. The normalized spacial score (nSPS) is 14.0. The van der Waals surface area contributed by atoms with Crippen LogP contribution in [0.25, 0.3) is 0 Å². The van der Waals surface area contributed by atoms with Crippen molar-refractivity contribution in [2.24, 2.45) is 0 Å². The Morgan fingerprint density at radius 2 is 1.56 bits per heavy atom. The van der Waals surface area contributed by atoms with Crippen LogP contribution in [0.3, 0.4) is 0 Å². The second-order valence-electron chi connectivity index (χ2n) is 12.6. The van der Waals surface area contributed by atoms with Crippen molar-refractivity contribution in [3.63, 3.8) is 0 Å². The van der Waals surface area contributed by atoms with E-state index >= 15 is 0 Å². The fourth-order valence-electron chi connectivity index (χ4n) is 6.27. The predicted molar refractivity (Wildman–Crippen MR) is 199 cm³/mol. The molecule has 1 aliphatic rings. The van der Waals surface area contributed by atoms with E-state index in [-0.39, 0.29) is 41.2 Å². The van der Waals surface area contributed by atoms with Crippen molar-refractivity contribution in [1.29, 1.82) is 0 Å². The first-order chi connectivity index (χ1) is 24.1. The third-order valence-corrected chi connectivity index (χ3v) is 11.3. The van der Waals surface area contributed by atoms with Crippen molar-refractivity contribution in [3.8, 4) is 11.5 Å². The molecule has 11 heteroatoms. The van der Waals surface area contributed by atoms with E-state index in [9.17, 15) is 18.0 Å². The van der Waals surface area contributed by atoms with Gasteiger partial charge in [-0.25, -0.2) is 8.42 Å². The number of halogens is 1. The van der Waals surface area contributed by atoms with Gasteiger partial charge in [0.2, 0.25) is 11.8 Å². The smallest absolute Gasteiger partial charge is 0.264 e. The standard InChI is InChI=1S/C39H44BrN3O6S/c1-28-17-20-34(21-18-28)50(46,47)43(35-25-33(48-2)19-22-37(35)49-3)27-38(44)42(26-30-13-10-14-31(40)23-30)36(24-29-11-6-4-7-12-29)39(45)41-32-15-8-5-9-16-32/h4,6-7,10-14,17-23,25,32,36H,5,8-9,15-16,24,26-27H2,1-3H3,(H,41,45). The molecule has 0 aromatic heterocycles. The zero-order valence-corrected chi connectivity index (χ0v) is 31.1. The number of anilines is 1. The van der Waals surface area contributed by atoms with E-state index in [0.29, 0.717) is 5.75 Å². The summed E-state index contributed by atoms with van der Waals surface area (Å²) in [4.78, 5) is 30.7. The fourth-order valence-corrected chi connectivity index (χ4v) is 8.14. The molecule has 0 bridgehead atoms. The van der Waals surface area contributed by atoms with Gasteiger partial charge in [0.25, 0.3) is 10.0 Å². The maximum absolute atomic E-state index is 14.9. The van der Waals surface area contributed by atoms with Gasteiger partial charge in [0.15, 0.2) is 0 Å². The van der Waals surface area contributed by atoms with Crippen LogP contribution in [0.1, 0.15) is 48.8 Å². The molecule has 264 valence electrons. The quantitative estimate of drug-likeness (QED) is 0.148. The van der Waals surface area contributed by atoms with Gasteiger partial charge in [-0.2, -0.15) is 0 Å². The summed E-state index contributed by atoms with van der Waals surface area (Å²) < 4.78 is 42.0. The minimum absolute atomic E-state index is 0.00944. The number of rotatable bonds is 14. The summed E-state index contributed by atoms with van der Waals surface area (Å²) in [6, 6.07) is 27.4. The molecule has 4 aromatic rings. The number of nitrogens with zero attached hydrogens (tertiary/aromatic N) is 2. The molecule has 1 saturated carbocycles. The van der Waals surface area contributed by atoms with Crippen LogP contribution in [0.4, 0.5) is 5.69 Å². The largest absolute Gasteiger partial charge is 0.497 e. The highest BCUT2D eigenvalue weighted by molar-refractivity contribution is 9.10. The first kappa shape index (κ1) is 36.9. The van der Waals surface area contributed by atoms with Gasteiger partial charge in [-0.1, -0.05) is 95.4 Å². The monoisotopic (exact) mass is 761 g/mol. The highest BCUT2D eigenvalue weighted by atomic mass is 79.9. The van der Waals surface area contributed by atoms with Crippen LogP contribution >= 0.6 is 15.9 Å². The number of carbonyl (C=O) groups excluding carboxylic acids is 2. The second-order valence-corrected chi connectivity index (χ2v) is 15.3. The molecule has 9 nitrogen and oxygen atoms in total. The predicted octanol–water partition coefficient (Wildman–Crippen LogP) is 7.06. The van der Waals surface area contributed by atoms with Crippen molar-refractivity contribution < 1.29 is 27.5 Å². The van der Waals surface area contributed by atoms with Crippen molar-refractivity contribution in [2.75, 3.05) is 25.1 Å². The highest BCUT2D eigenvalue weighted by Gasteiger charge is 2.36. The minimum Gasteiger partial charge on any atom is -0.497 e. The lowest BCUT2D eigenvalue weighted by atomic mass is 9.94. The maximum Gasteiger partial charge on any atom is 0.264 e. The fraction of sp³-hybridized carbons (Fsp3) is 0.333. The summed E-state index contributed by atoms with van der Waals surface area (Å²) in [5.41, 5.74) is 2.68. The van der Waals surface area contributed by atoms with Crippen LogP contribution in [0.15, 0.2) is 106 Å². The van der Waals surface area contributed by atoms with Crippen molar-refractivity contribution in [2.45, 2.75) is 69.0 Å². The number of aryl methyl sites for hydroxylation is 1. The van der Waals surface area contributed by atoms with Gasteiger partial charge < -0.3 is 19.7 Å². The number of carbonyl (C=O) groups is 2. The topological polar surface area (TPSA) is 105 Å². The SMILES string of the molecule is COc1ccc(OC)c(N(CC(=O)N(Cc2cccc(Br)c2)C(Cc2ccccc2)C(=O)NC2CCCCC2)S(=O)(=O)c2ccc(C)cc2)c1. The third kappa shape index (κ3) is 9.25. The third-order valence-electron chi connectivity index (χ3n) is 9.01. The summed E-state index contributed by atoms with van der Waals surface area (Å²) in [5, 5.41) is 3.24. The number of hydrogen-bond donors (Lipinski definition) is 1. The van der Waals surface area contributed by atoms with Gasteiger partial charge in [0, 0.05) is 29.5 Å². The molecular formula is C39H44BrN3O6S. The number of methoxy groups -OCH3 is 2. The lowest BCUT2D eigenvalue weighted by Crippen LogP contribution is -2.55. The summed E-state index contributed by atoms with van der Waals surface area (Å²) in [6.45, 7) is 1.34. The number of ether oxygens (including phenoxy) is 2. The first-order valence-electron chi connectivity index (χ1n) is 16.8. The number of benzene rings is 4. The Hall–Kier alpha value is -4.35. The molecule has 0 heterocycles. The average Bonchev–Trinajstić information content (AvgIpc) is 3.12. The Kier molecular flexibility index (Phi) is 12.6. The molecular weight excluding hydrogens is 718 g/mol. The van der Waals surface area contributed by atoms with Crippen LogP contribution in [0.2, 0.25) is 0 Å². The molecule has 0 saturated heterocycles.